The van der Waals surface area contributed by atoms with Crippen molar-refractivity contribution in [3.05, 3.63) is 34.9 Å². The lowest BCUT2D eigenvalue weighted by Crippen LogP contribution is -2.43. The number of amides is 1. The smallest absolute Gasteiger partial charge is 0.337 e. The predicted molar refractivity (Wildman–Crippen MR) is 82.0 cm³/mol. The first-order valence-corrected chi connectivity index (χ1v) is 7.65. The molecule has 1 N–H and O–H groups in total. The van der Waals surface area contributed by atoms with Gasteiger partial charge in [0.15, 0.2) is 0 Å². The van der Waals surface area contributed by atoms with Crippen LogP contribution in [0.1, 0.15) is 38.7 Å². The molecule has 0 fully saturated rings. The van der Waals surface area contributed by atoms with Crippen LogP contribution >= 0.6 is 11.6 Å². The molecule has 0 bridgehead atoms. The fourth-order valence-electron chi connectivity index (χ4n) is 2.26. The number of hydroxylamine groups is 1. The number of carbonyl (C=O) groups is 3. The fourth-order valence-corrected chi connectivity index (χ4v) is 2.39. The summed E-state index contributed by atoms with van der Waals surface area (Å²) in [5.41, 5.74) is 2.21. The van der Waals surface area contributed by atoms with E-state index in [1.807, 2.05) is 26.0 Å². The van der Waals surface area contributed by atoms with E-state index in [-0.39, 0.29) is 0 Å². The van der Waals surface area contributed by atoms with E-state index in [4.69, 9.17) is 11.6 Å². The molecule has 0 aliphatic rings. The Kier molecular flexibility index (Phi) is 7.03. The molecule has 1 aromatic carbocycles. The lowest BCUT2D eigenvalue weighted by Gasteiger charge is -2.29. The highest BCUT2D eigenvalue weighted by atomic mass is 35.5. The molecule has 0 unspecified atom stereocenters. The molecule has 0 atom stereocenters. The number of hydrogen-bond acceptors (Lipinski definition) is 5. The maximum absolute atomic E-state index is 12.4. The average Bonchev–Trinajstić information content (AvgIpc) is 2.51. The first kappa shape index (κ1) is 19.0. The first-order chi connectivity index (χ1) is 10.8. The lowest BCUT2D eigenvalue weighted by atomic mass is 9.76. The largest absolute Gasteiger partial charge is 0.550 e. The van der Waals surface area contributed by atoms with Gasteiger partial charge >= 0.3 is 5.97 Å². The second-order valence-electron chi connectivity index (χ2n) is 5.24. The van der Waals surface area contributed by atoms with E-state index in [1.54, 1.807) is 12.1 Å². The van der Waals surface area contributed by atoms with Crippen LogP contribution in [0, 0.1) is 5.41 Å². The minimum Gasteiger partial charge on any atom is -0.550 e. The second kappa shape index (κ2) is 8.53. The van der Waals surface area contributed by atoms with E-state index in [0.717, 1.165) is 5.56 Å². The van der Waals surface area contributed by atoms with Crippen LogP contribution in [0.2, 0.25) is 5.02 Å². The summed E-state index contributed by atoms with van der Waals surface area (Å²) in [6.45, 7) is 3.73. The van der Waals surface area contributed by atoms with E-state index >= 15 is 0 Å². The van der Waals surface area contributed by atoms with E-state index in [9.17, 15) is 19.5 Å². The van der Waals surface area contributed by atoms with Crippen LogP contribution in [-0.4, -0.2) is 17.8 Å². The van der Waals surface area contributed by atoms with Crippen LogP contribution in [0.5, 0.6) is 0 Å². The Labute approximate surface area is 139 Å². The standard InChI is InChI=1S/C16H20ClNO5/c1-3-16(4-2,10-11-5-7-12(17)8-6-11)15(22)18-23-14(21)9-13(19)20/h5-8H,3-4,9-10H2,1-2H3,(H,18,22)(H,19,20)/p-1. The van der Waals surface area contributed by atoms with Gasteiger partial charge in [0, 0.05) is 5.02 Å². The van der Waals surface area contributed by atoms with Gasteiger partial charge in [0.05, 0.1) is 17.8 Å². The Bertz CT molecular complexity index is 566. The highest BCUT2D eigenvalue weighted by Gasteiger charge is 2.35. The maximum Gasteiger partial charge on any atom is 0.337 e. The number of nitrogens with one attached hydrogen (secondary N) is 1. The van der Waals surface area contributed by atoms with Crippen LogP contribution < -0.4 is 10.6 Å². The molecule has 0 saturated carbocycles. The van der Waals surface area contributed by atoms with Crippen LogP contribution in [0.15, 0.2) is 24.3 Å². The Balaban J connectivity index is 2.78. The first-order valence-electron chi connectivity index (χ1n) is 7.27. The molecular weight excluding hydrogens is 322 g/mol. The SMILES string of the molecule is CCC(CC)(Cc1ccc(Cl)cc1)C(=O)NOC(=O)CC(=O)[O-]. The van der Waals surface area contributed by atoms with Crippen molar-refractivity contribution in [3.63, 3.8) is 0 Å². The van der Waals surface area contributed by atoms with Crippen LogP contribution in [-0.2, 0) is 25.6 Å². The summed E-state index contributed by atoms with van der Waals surface area (Å²) in [5, 5.41) is 10.9. The number of carboxylic acid groups (broad SMARTS) is 1. The van der Waals surface area contributed by atoms with Crippen molar-refractivity contribution in [2.45, 2.75) is 39.5 Å². The topological polar surface area (TPSA) is 95.5 Å². The molecule has 0 heterocycles. The summed E-state index contributed by atoms with van der Waals surface area (Å²) in [7, 11) is 0. The molecule has 6 nitrogen and oxygen atoms in total. The van der Waals surface area contributed by atoms with Crippen molar-refractivity contribution in [1.29, 1.82) is 0 Å². The van der Waals surface area contributed by atoms with Crippen molar-refractivity contribution >= 4 is 29.4 Å². The number of hydrogen-bond donors (Lipinski definition) is 1. The van der Waals surface area contributed by atoms with Gasteiger partial charge in [-0.25, -0.2) is 4.79 Å². The van der Waals surface area contributed by atoms with Crippen molar-refractivity contribution in [2.75, 3.05) is 0 Å². The van der Waals surface area contributed by atoms with E-state index in [1.165, 1.54) is 0 Å². The molecule has 126 valence electrons. The molecule has 7 heteroatoms. The Morgan fingerprint density at radius 3 is 2.22 bits per heavy atom. The van der Waals surface area contributed by atoms with Gasteiger partial charge in [0.25, 0.3) is 5.91 Å². The van der Waals surface area contributed by atoms with Gasteiger partial charge in [-0.2, -0.15) is 5.48 Å². The molecule has 0 aliphatic carbocycles. The zero-order valence-electron chi connectivity index (χ0n) is 13.1. The molecule has 0 radical (unpaired) electrons. The maximum atomic E-state index is 12.4. The highest BCUT2D eigenvalue weighted by molar-refractivity contribution is 6.30. The van der Waals surface area contributed by atoms with E-state index < -0.39 is 29.7 Å². The highest BCUT2D eigenvalue weighted by Crippen LogP contribution is 2.31. The van der Waals surface area contributed by atoms with Crippen molar-refractivity contribution in [1.82, 2.24) is 5.48 Å². The van der Waals surface area contributed by atoms with Gasteiger partial charge in [-0.05, 0) is 37.0 Å². The normalized spacial score (nSPS) is 10.9. The number of aliphatic carboxylic acids is 1. The van der Waals surface area contributed by atoms with Gasteiger partial charge in [0.1, 0.15) is 0 Å². The molecule has 1 rings (SSSR count). The van der Waals surface area contributed by atoms with Gasteiger partial charge in [0.2, 0.25) is 0 Å². The molecule has 0 spiro atoms. The Hall–Kier alpha value is -2.08. The molecule has 0 aromatic heterocycles. The predicted octanol–water partition coefficient (Wildman–Crippen LogP) is 1.40. The second-order valence-corrected chi connectivity index (χ2v) is 5.68. The third-order valence-corrected chi connectivity index (χ3v) is 4.09. The molecule has 0 aliphatic heterocycles. The molecule has 0 saturated heterocycles. The number of rotatable bonds is 7. The molecular formula is C16H19ClNO5-. The lowest BCUT2D eigenvalue weighted by molar-refractivity contribution is -0.305. The number of carbonyl (C=O) groups excluding carboxylic acids is 3. The Morgan fingerprint density at radius 1 is 1.17 bits per heavy atom. The zero-order chi connectivity index (χ0) is 17.5. The van der Waals surface area contributed by atoms with E-state index in [2.05, 4.69) is 10.3 Å². The number of benzene rings is 1. The van der Waals surface area contributed by atoms with Gasteiger partial charge in [-0.15, -0.1) is 0 Å². The van der Waals surface area contributed by atoms with Crippen molar-refractivity contribution < 1.29 is 24.3 Å². The Morgan fingerprint density at radius 2 is 1.74 bits per heavy atom. The van der Waals surface area contributed by atoms with Crippen molar-refractivity contribution in [2.24, 2.45) is 5.41 Å². The third-order valence-electron chi connectivity index (χ3n) is 3.84. The minimum absolute atomic E-state index is 0.445. The van der Waals surface area contributed by atoms with Gasteiger partial charge in [-0.1, -0.05) is 37.6 Å². The quantitative estimate of drug-likeness (QED) is 0.598. The molecule has 1 aromatic rings. The monoisotopic (exact) mass is 340 g/mol. The summed E-state index contributed by atoms with van der Waals surface area (Å²) in [5.74, 6) is -3.11. The number of carboxylic acids is 1. The third kappa shape index (κ3) is 5.56. The van der Waals surface area contributed by atoms with Crippen LogP contribution in [0.25, 0.3) is 0 Å². The van der Waals surface area contributed by atoms with Crippen LogP contribution in [0.4, 0.5) is 0 Å². The molecule has 23 heavy (non-hydrogen) atoms. The van der Waals surface area contributed by atoms with Gasteiger partial charge in [-0.3, -0.25) is 4.79 Å². The summed E-state index contributed by atoms with van der Waals surface area (Å²) >= 11 is 5.85. The van der Waals surface area contributed by atoms with Gasteiger partial charge < -0.3 is 14.7 Å². The summed E-state index contributed by atoms with van der Waals surface area (Å²) in [4.78, 5) is 38.4. The minimum atomic E-state index is -1.57. The number of halogens is 1. The molecule has 1 amide bonds. The average molecular weight is 341 g/mol. The van der Waals surface area contributed by atoms with E-state index in [0.29, 0.717) is 24.3 Å². The summed E-state index contributed by atoms with van der Waals surface area (Å²) in [6, 6.07) is 7.14. The fraction of sp³-hybridized carbons (Fsp3) is 0.438. The summed E-state index contributed by atoms with van der Waals surface area (Å²) in [6.07, 6.45) is 0.579. The van der Waals surface area contributed by atoms with Crippen molar-refractivity contribution in [3.8, 4) is 0 Å². The van der Waals surface area contributed by atoms with Crippen LogP contribution in [0.3, 0.4) is 0 Å². The zero-order valence-corrected chi connectivity index (χ0v) is 13.8. The summed E-state index contributed by atoms with van der Waals surface area (Å²) < 4.78 is 0.